The first-order valence-electron chi connectivity index (χ1n) is 6.58. The van der Waals surface area contributed by atoms with Gasteiger partial charge in [-0.1, -0.05) is 31.5 Å². The lowest BCUT2D eigenvalue weighted by atomic mass is 10.3. The summed E-state index contributed by atoms with van der Waals surface area (Å²) in [7, 11) is 0. The molecule has 3 nitrogen and oxygen atoms in total. The number of hydrogen-bond acceptors (Lipinski definition) is 3. The van der Waals surface area contributed by atoms with Gasteiger partial charge in [-0.2, -0.15) is 10.2 Å². The maximum absolute atomic E-state index is 5.59. The molecule has 0 bridgehead atoms. The first-order chi connectivity index (χ1) is 9.38. The minimum Gasteiger partial charge on any atom is -0.494 e. The average molecular weight is 254 g/mol. The molecule has 0 radical (unpaired) electrons. The van der Waals surface area contributed by atoms with Crippen LogP contribution in [0, 0.1) is 0 Å². The van der Waals surface area contributed by atoms with E-state index in [1.807, 2.05) is 54.6 Å². The zero-order chi connectivity index (χ0) is 13.3. The van der Waals surface area contributed by atoms with Crippen LogP contribution in [0.1, 0.15) is 19.8 Å². The molecule has 3 heteroatoms. The average Bonchev–Trinajstić information content (AvgIpc) is 2.48. The fourth-order valence-corrected chi connectivity index (χ4v) is 1.55. The molecule has 0 saturated carbocycles. The Balaban J connectivity index is 1.93. The normalized spacial score (nSPS) is 10.8. The fourth-order valence-electron chi connectivity index (χ4n) is 1.55. The molecule has 0 unspecified atom stereocenters. The van der Waals surface area contributed by atoms with E-state index in [0.717, 1.165) is 36.6 Å². The van der Waals surface area contributed by atoms with Gasteiger partial charge in [0.05, 0.1) is 18.0 Å². The van der Waals surface area contributed by atoms with Crippen molar-refractivity contribution in [2.45, 2.75) is 19.8 Å². The van der Waals surface area contributed by atoms with Gasteiger partial charge in [0.25, 0.3) is 0 Å². The molecular formula is C16H18N2O. The third-order valence-electron chi connectivity index (χ3n) is 2.64. The Morgan fingerprint density at radius 1 is 0.842 bits per heavy atom. The van der Waals surface area contributed by atoms with E-state index < -0.39 is 0 Å². The van der Waals surface area contributed by atoms with Crippen molar-refractivity contribution in [1.29, 1.82) is 0 Å². The van der Waals surface area contributed by atoms with Gasteiger partial charge in [-0.15, -0.1) is 0 Å². The van der Waals surface area contributed by atoms with Gasteiger partial charge in [-0.3, -0.25) is 0 Å². The van der Waals surface area contributed by atoms with Crippen LogP contribution in [-0.2, 0) is 0 Å². The van der Waals surface area contributed by atoms with Crippen LogP contribution in [0.4, 0.5) is 11.4 Å². The lowest BCUT2D eigenvalue weighted by Crippen LogP contribution is -1.95. The second-order valence-corrected chi connectivity index (χ2v) is 4.23. The monoisotopic (exact) mass is 254 g/mol. The van der Waals surface area contributed by atoms with Crippen molar-refractivity contribution >= 4 is 11.4 Å². The summed E-state index contributed by atoms with van der Waals surface area (Å²) >= 11 is 0. The van der Waals surface area contributed by atoms with Gasteiger partial charge in [0.15, 0.2) is 0 Å². The van der Waals surface area contributed by atoms with Crippen LogP contribution in [0.2, 0.25) is 0 Å². The van der Waals surface area contributed by atoms with E-state index in [4.69, 9.17) is 4.74 Å². The van der Waals surface area contributed by atoms with Crippen molar-refractivity contribution in [1.82, 2.24) is 0 Å². The Kier molecular flexibility index (Phi) is 5.11. The Bertz CT molecular complexity index is 506. The number of ether oxygens (including phenoxy) is 1. The summed E-state index contributed by atoms with van der Waals surface area (Å²) in [4.78, 5) is 0. The molecule has 2 aromatic carbocycles. The zero-order valence-corrected chi connectivity index (χ0v) is 11.1. The Morgan fingerprint density at radius 2 is 1.47 bits per heavy atom. The highest BCUT2D eigenvalue weighted by Gasteiger charge is 1.94. The van der Waals surface area contributed by atoms with Crippen LogP contribution in [0.15, 0.2) is 64.8 Å². The van der Waals surface area contributed by atoms with Crippen LogP contribution in [-0.4, -0.2) is 6.61 Å². The Hall–Kier alpha value is -2.16. The number of hydrogen-bond donors (Lipinski definition) is 0. The molecule has 0 heterocycles. The molecule has 0 N–H and O–H groups in total. The molecule has 0 aliphatic rings. The van der Waals surface area contributed by atoms with Crippen LogP contribution < -0.4 is 4.74 Å². The molecule has 98 valence electrons. The summed E-state index contributed by atoms with van der Waals surface area (Å²) in [5, 5.41) is 8.35. The highest BCUT2D eigenvalue weighted by molar-refractivity contribution is 5.42. The summed E-state index contributed by atoms with van der Waals surface area (Å²) in [6.07, 6.45) is 2.22. The van der Waals surface area contributed by atoms with E-state index in [1.165, 1.54) is 0 Å². The second-order valence-electron chi connectivity index (χ2n) is 4.23. The zero-order valence-electron chi connectivity index (χ0n) is 11.1. The van der Waals surface area contributed by atoms with Gasteiger partial charge in [-0.25, -0.2) is 0 Å². The van der Waals surface area contributed by atoms with Crippen molar-refractivity contribution in [2.75, 3.05) is 6.61 Å². The Labute approximate surface area is 114 Å². The molecule has 0 saturated heterocycles. The minimum absolute atomic E-state index is 0.765. The predicted molar refractivity (Wildman–Crippen MR) is 77.5 cm³/mol. The third kappa shape index (κ3) is 4.54. The van der Waals surface area contributed by atoms with Crippen LogP contribution >= 0.6 is 0 Å². The largest absolute Gasteiger partial charge is 0.494 e. The van der Waals surface area contributed by atoms with Crippen molar-refractivity contribution in [3.8, 4) is 5.75 Å². The molecular weight excluding hydrogens is 236 g/mol. The quantitative estimate of drug-likeness (QED) is 0.510. The number of azo groups is 1. The van der Waals surface area contributed by atoms with Gasteiger partial charge in [0, 0.05) is 0 Å². The van der Waals surface area contributed by atoms with E-state index >= 15 is 0 Å². The predicted octanol–water partition coefficient (Wildman–Crippen LogP) is 5.28. The first kappa shape index (κ1) is 13.3. The van der Waals surface area contributed by atoms with Gasteiger partial charge < -0.3 is 4.74 Å². The summed E-state index contributed by atoms with van der Waals surface area (Å²) in [6.45, 7) is 2.91. The van der Waals surface area contributed by atoms with Crippen molar-refractivity contribution in [2.24, 2.45) is 10.2 Å². The molecule has 2 rings (SSSR count). The fraction of sp³-hybridized carbons (Fsp3) is 0.250. The van der Waals surface area contributed by atoms with Crippen molar-refractivity contribution in [3.63, 3.8) is 0 Å². The maximum atomic E-state index is 5.59. The molecule has 0 atom stereocenters. The number of nitrogens with zero attached hydrogens (tertiary/aromatic N) is 2. The molecule has 0 fully saturated rings. The van der Waals surface area contributed by atoms with Gasteiger partial charge in [-0.05, 0) is 42.8 Å². The SMILES string of the molecule is CCCCOc1ccc(N=Nc2ccccc2)cc1. The maximum Gasteiger partial charge on any atom is 0.119 e. The minimum atomic E-state index is 0.765. The van der Waals surface area contributed by atoms with Gasteiger partial charge in [0.1, 0.15) is 5.75 Å². The highest BCUT2D eigenvalue weighted by Crippen LogP contribution is 2.21. The van der Waals surface area contributed by atoms with E-state index in [9.17, 15) is 0 Å². The Morgan fingerprint density at radius 3 is 2.11 bits per heavy atom. The molecule has 19 heavy (non-hydrogen) atoms. The summed E-state index contributed by atoms with van der Waals surface area (Å²) < 4.78 is 5.59. The van der Waals surface area contributed by atoms with E-state index in [0.29, 0.717) is 0 Å². The lowest BCUT2D eigenvalue weighted by molar-refractivity contribution is 0.309. The molecule has 2 aromatic rings. The molecule has 0 amide bonds. The van der Waals surface area contributed by atoms with Crippen LogP contribution in [0.25, 0.3) is 0 Å². The standard InChI is InChI=1S/C16H18N2O/c1-2-3-13-19-16-11-9-15(10-12-16)18-17-14-7-5-4-6-8-14/h4-12H,2-3,13H2,1H3. The number of benzene rings is 2. The smallest absolute Gasteiger partial charge is 0.119 e. The van der Waals surface area contributed by atoms with Crippen LogP contribution in [0.3, 0.4) is 0 Å². The number of unbranched alkanes of at least 4 members (excludes halogenated alkanes) is 1. The van der Waals surface area contributed by atoms with E-state index in [2.05, 4.69) is 17.2 Å². The summed E-state index contributed by atoms with van der Waals surface area (Å²) in [5.41, 5.74) is 1.68. The molecule has 0 aromatic heterocycles. The molecule has 0 spiro atoms. The molecule has 0 aliphatic heterocycles. The topological polar surface area (TPSA) is 34.0 Å². The highest BCUT2D eigenvalue weighted by atomic mass is 16.5. The second kappa shape index (κ2) is 7.31. The van der Waals surface area contributed by atoms with Gasteiger partial charge >= 0.3 is 0 Å². The lowest BCUT2D eigenvalue weighted by Gasteiger charge is -2.04. The first-order valence-corrected chi connectivity index (χ1v) is 6.58. The van der Waals surface area contributed by atoms with Crippen molar-refractivity contribution in [3.05, 3.63) is 54.6 Å². The van der Waals surface area contributed by atoms with E-state index in [-0.39, 0.29) is 0 Å². The molecule has 0 aliphatic carbocycles. The summed E-state index contributed by atoms with van der Waals surface area (Å²) in [5.74, 6) is 0.882. The van der Waals surface area contributed by atoms with E-state index in [1.54, 1.807) is 0 Å². The van der Waals surface area contributed by atoms with Crippen LogP contribution in [0.5, 0.6) is 5.75 Å². The summed E-state index contributed by atoms with van der Waals surface area (Å²) in [6, 6.07) is 17.4. The third-order valence-corrected chi connectivity index (χ3v) is 2.64. The van der Waals surface area contributed by atoms with Crippen molar-refractivity contribution < 1.29 is 4.74 Å². The number of rotatable bonds is 6. The van der Waals surface area contributed by atoms with Gasteiger partial charge in [0.2, 0.25) is 0 Å².